The van der Waals surface area contributed by atoms with Gasteiger partial charge in [0.05, 0.1) is 5.88 Å². The van der Waals surface area contributed by atoms with Crippen LogP contribution in [0.5, 0.6) is 0 Å². The number of carbonyl (C=O) groups excluding carboxylic acids is 1. The molecular weight excluding hydrogens is 272 g/mol. The summed E-state index contributed by atoms with van der Waals surface area (Å²) in [5.74, 6) is 3.27. The Balaban J connectivity index is 1.46. The molecule has 0 saturated carbocycles. The maximum atomic E-state index is 11.7. The van der Waals surface area contributed by atoms with E-state index < -0.39 is 0 Å². The second kappa shape index (κ2) is 7.69. The Labute approximate surface area is 116 Å². The van der Waals surface area contributed by atoms with E-state index in [1.807, 2.05) is 38.2 Å². The fourth-order valence-electron chi connectivity index (χ4n) is 1.94. The molecule has 6 heteroatoms. The minimum absolute atomic E-state index is 0.126. The summed E-state index contributed by atoms with van der Waals surface area (Å²) in [6.07, 6.45) is 5.04. The predicted molar refractivity (Wildman–Crippen MR) is 79.7 cm³/mol. The minimum atomic E-state index is 0.126. The van der Waals surface area contributed by atoms with Crippen molar-refractivity contribution in [3.63, 3.8) is 0 Å². The summed E-state index contributed by atoms with van der Waals surface area (Å²) in [7, 11) is 4.05. The maximum Gasteiger partial charge on any atom is 0.318 e. The molecule has 2 aliphatic heterocycles. The van der Waals surface area contributed by atoms with Crippen molar-refractivity contribution in [3.05, 3.63) is 0 Å². The largest absolute Gasteiger partial charge is 0.338 e. The molecule has 2 saturated heterocycles. The molecule has 0 spiro atoms. The first-order chi connectivity index (χ1) is 8.36. The molecule has 1 N–H and O–H groups in total. The van der Waals surface area contributed by atoms with Gasteiger partial charge >= 0.3 is 6.03 Å². The van der Waals surface area contributed by atoms with Crippen molar-refractivity contribution in [2.24, 2.45) is 0 Å². The standard InChI is InChI=1S/C11H20N2OS3/c14-11(13-6-8-15-9-13)12-5-2-1-3-10-4-7-16-17-10/h10H,1-9H2,(H,12,14). The van der Waals surface area contributed by atoms with Crippen molar-refractivity contribution in [2.75, 3.05) is 30.5 Å². The quantitative estimate of drug-likeness (QED) is 0.623. The summed E-state index contributed by atoms with van der Waals surface area (Å²) >= 11 is 1.83. The van der Waals surface area contributed by atoms with Crippen LogP contribution in [0.25, 0.3) is 0 Å². The maximum absolute atomic E-state index is 11.7. The average Bonchev–Trinajstić information content (AvgIpc) is 3.01. The fourth-order valence-corrected chi connectivity index (χ4v) is 5.92. The number of rotatable bonds is 5. The molecule has 2 fully saturated rings. The molecule has 0 aromatic rings. The van der Waals surface area contributed by atoms with Crippen LogP contribution in [0, 0.1) is 0 Å². The van der Waals surface area contributed by atoms with E-state index in [0.717, 1.165) is 36.4 Å². The SMILES string of the molecule is O=C(NCCCCC1CCSS1)N1CCSC1. The van der Waals surface area contributed by atoms with Crippen LogP contribution in [0.3, 0.4) is 0 Å². The van der Waals surface area contributed by atoms with E-state index in [1.54, 1.807) is 0 Å². The number of hydrogen-bond acceptors (Lipinski definition) is 4. The first-order valence-corrected chi connectivity index (χ1v) is 9.79. The van der Waals surface area contributed by atoms with Crippen LogP contribution in [0.1, 0.15) is 25.7 Å². The van der Waals surface area contributed by atoms with Gasteiger partial charge in [-0.3, -0.25) is 0 Å². The molecule has 1 unspecified atom stereocenters. The van der Waals surface area contributed by atoms with Gasteiger partial charge in [-0.1, -0.05) is 28.0 Å². The van der Waals surface area contributed by atoms with Crippen LogP contribution < -0.4 is 5.32 Å². The van der Waals surface area contributed by atoms with E-state index in [0.29, 0.717) is 0 Å². The van der Waals surface area contributed by atoms with E-state index >= 15 is 0 Å². The van der Waals surface area contributed by atoms with E-state index in [2.05, 4.69) is 5.32 Å². The molecule has 17 heavy (non-hydrogen) atoms. The highest BCUT2D eigenvalue weighted by atomic mass is 33.1. The van der Waals surface area contributed by atoms with Gasteiger partial charge in [-0.05, 0) is 19.3 Å². The summed E-state index contributed by atoms with van der Waals surface area (Å²) in [4.78, 5) is 13.6. The predicted octanol–water partition coefficient (Wildman–Crippen LogP) is 3.03. The van der Waals surface area contributed by atoms with Gasteiger partial charge in [-0.15, -0.1) is 11.8 Å². The monoisotopic (exact) mass is 292 g/mol. The lowest BCUT2D eigenvalue weighted by atomic mass is 10.1. The summed E-state index contributed by atoms with van der Waals surface area (Å²) in [5.41, 5.74) is 0. The Morgan fingerprint density at radius 2 is 2.29 bits per heavy atom. The molecule has 0 aromatic heterocycles. The first kappa shape index (κ1) is 13.7. The molecule has 0 aliphatic carbocycles. The van der Waals surface area contributed by atoms with Crippen molar-refractivity contribution in [2.45, 2.75) is 30.9 Å². The van der Waals surface area contributed by atoms with Gasteiger partial charge in [0.15, 0.2) is 0 Å². The van der Waals surface area contributed by atoms with Crippen molar-refractivity contribution in [3.8, 4) is 0 Å². The lowest BCUT2D eigenvalue weighted by molar-refractivity contribution is 0.211. The normalized spacial score (nSPS) is 24.2. The number of amides is 2. The average molecular weight is 292 g/mol. The molecule has 1 atom stereocenters. The highest BCUT2D eigenvalue weighted by molar-refractivity contribution is 8.77. The molecule has 3 nitrogen and oxygen atoms in total. The van der Waals surface area contributed by atoms with Crippen LogP contribution in [0.15, 0.2) is 0 Å². The summed E-state index contributed by atoms with van der Waals surface area (Å²) in [6.45, 7) is 1.75. The number of urea groups is 1. The van der Waals surface area contributed by atoms with Gasteiger partial charge < -0.3 is 10.2 Å². The molecule has 98 valence electrons. The second-order valence-corrected chi connectivity index (χ2v) is 8.22. The van der Waals surface area contributed by atoms with Crippen LogP contribution in [0.4, 0.5) is 4.79 Å². The van der Waals surface area contributed by atoms with Gasteiger partial charge in [0.25, 0.3) is 0 Å². The lowest BCUT2D eigenvalue weighted by Crippen LogP contribution is -2.38. The number of thioether (sulfide) groups is 1. The van der Waals surface area contributed by atoms with Crippen LogP contribution in [0.2, 0.25) is 0 Å². The molecule has 2 aliphatic rings. The van der Waals surface area contributed by atoms with Crippen LogP contribution in [-0.2, 0) is 0 Å². The van der Waals surface area contributed by atoms with Gasteiger partial charge in [0, 0.05) is 29.8 Å². The highest BCUT2D eigenvalue weighted by Gasteiger charge is 2.18. The number of hydrogen-bond donors (Lipinski definition) is 1. The Morgan fingerprint density at radius 3 is 3.00 bits per heavy atom. The summed E-state index contributed by atoms with van der Waals surface area (Å²) in [6, 6.07) is 0.126. The second-order valence-electron chi connectivity index (χ2n) is 4.36. The molecule has 2 heterocycles. The van der Waals surface area contributed by atoms with E-state index in [1.165, 1.54) is 25.0 Å². The zero-order chi connectivity index (χ0) is 11.9. The van der Waals surface area contributed by atoms with E-state index in [4.69, 9.17) is 0 Å². The Kier molecular flexibility index (Phi) is 6.22. The molecule has 2 amide bonds. The van der Waals surface area contributed by atoms with Gasteiger partial charge in [0.1, 0.15) is 0 Å². The fraction of sp³-hybridized carbons (Fsp3) is 0.909. The Morgan fingerprint density at radius 1 is 1.35 bits per heavy atom. The zero-order valence-electron chi connectivity index (χ0n) is 10.0. The van der Waals surface area contributed by atoms with Gasteiger partial charge in [0.2, 0.25) is 0 Å². The third-order valence-electron chi connectivity index (χ3n) is 3.00. The first-order valence-electron chi connectivity index (χ1n) is 6.25. The highest BCUT2D eigenvalue weighted by Crippen LogP contribution is 2.39. The van der Waals surface area contributed by atoms with E-state index in [-0.39, 0.29) is 6.03 Å². The third kappa shape index (κ3) is 4.83. The molecule has 0 bridgehead atoms. The van der Waals surface area contributed by atoms with Crippen molar-refractivity contribution in [1.82, 2.24) is 10.2 Å². The molecule has 0 radical (unpaired) electrons. The van der Waals surface area contributed by atoms with Crippen LogP contribution in [-0.4, -0.2) is 46.7 Å². The lowest BCUT2D eigenvalue weighted by Gasteiger charge is -2.15. The Bertz CT molecular complexity index is 241. The van der Waals surface area contributed by atoms with Crippen molar-refractivity contribution >= 4 is 39.4 Å². The number of carbonyl (C=O) groups is 1. The number of unbranched alkanes of at least 4 members (excludes halogenated alkanes) is 1. The molecule has 2 rings (SSSR count). The number of nitrogens with one attached hydrogen (secondary N) is 1. The summed E-state index contributed by atoms with van der Waals surface area (Å²) in [5, 5.41) is 3.88. The minimum Gasteiger partial charge on any atom is -0.338 e. The van der Waals surface area contributed by atoms with E-state index in [9.17, 15) is 4.79 Å². The topological polar surface area (TPSA) is 32.3 Å². The zero-order valence-corrected chi connectivity index (χ0v) is 12.5. The molecular formula is C11H20N2OS3. The number of nitrogens with zero attached hydrogens (tertiary/aromatic N) is 1. The van der Waals surface area contributed by atoms with Crippen molar-refractivity contribution in [1.29, 1.82) is 0 Å². The van der Waals surface area contributed by atoms with Gasteiger partial charge in [-0.2, -0.15) is 0 Å². The third-order valence-corrected chi connectivity index (χ3v) is 6.97. The van der Waals surface area contributed by atoms with Gasteiger partial charge in [-0.25, -0.2) is 4.79 Å². The molecule has 0 aromatic carbocycles. The van der Waals surface area contributed by atoms with Crippen LogP contribution >= 0.6 is 33.3 Å². The van der Waals surface area contributed by atoms with Crippen molar-refractivity contribution < 1.29 is 4.79 Å². The summed E-state index contributed by atoms with van der Waals surface area (Å²) < 4.78 is 0. The smallest absolute Gasteiger partial charge is 0.318 e. The Hall–Kier alpha value is 0.320.